The highest BCUT2D eigenvalue weighted by Gasteiger charge is 2.47. The molecule has 4 rings (SSSR count). The zero-order valence-corrected chi connectivity index (χ0v) is 19.7. The highest BCUT2D eigenvalue weighted by Crippen LogP contribution is 2.38. The number of aldehydes is 1. The van der Waals surface area contributed by atoms with Crippen molar-refractivity contribution in [3.8, 4) is 5.88 Å². The van der Waals surface area contributed by atoms with Gasteiger partial charge in [0, 0.05) is 36.2 Å². The highest BCUT2D eigenvalue weighted by atomic mass is 32.2. The van der Waals surface area contributed by atoms with Gasteiger partial charge in [-0.1, -0.05) is 0 Å². The van der Waals surface area contributed by atoms with Gasteiger partial charge in [-0.05, 0) is 51.0 Å². The number of halogens is 3. The fourth-order valence-electron chi connectivity index (χ4n) is 4.68. The van der Waals surface area contributed by atoms with Crippen molar-refractivity contribution in [1.29, 1.82) is 0 Å². The van der Waals surface area contributed by atoms with Crippen molar-refractivity contribution in [2.75, 3.05) is 19.8 Å². The van der Waals surface area contributed by atoms with Gasteiger partial charge in [0.25, 0.3) is 0 Å². The van der Waals surface area contributed by atoms with E-state index in [9.17, 15) is 26.4 Å². The second-order valence-electron chi connectivity index (χ2n) is 8.80. The molecule has 1 saturated carbocycles. The van der Waals surface area contributed by atoms with Crippen LogP contribution in [0.4, 0.5) is 13.2 Å². The SMILES string of the molecule is O=CCOc1nc2nccn2cc1C1CCC(OC[C@@H]2NCCC[C@@H]2NS(=O)(=O)C(F)(F)F)CC1. The molecule has 194 valence electrons. The van der Waals surface area contributed by atoms with Gasteiger partial charge in [0.15, 0.2) is 6.29 Å². The third-order valence-corrected chi connectivity index (χ3v) is 7.71. The van der Waals surface area contributed by atoms with Crippen molar-refractivity contribution in [2.24, 2.45) is 0 Å². The predicted molar refractivity (Wildman–Crippen MR) is 118 cm³/mol. The summed E-state index contributed by atoms with van der Waals surface area (Å²) in [6.45, 7) is 0.581. The lowest BCUT2D eigenvalue weighted by atomic mass is 9.83. The standard InChI is InChI=1S/C21H28F3N5O5S/c22-21(23,24)35(31,32)28-17-2-1-7-25-18(17)13-34-15-5-3-14(4-6-15)16-12-29-9-8-26-20(29)27-19(16)33-11-10-30/h8-10,12,14-15,17-18,25,28H,1-7,11,13H2/t14?,15?,17-,18-/m0/s1. The normalized spacial score (nSPS) is 26.0. The van der Waals surface area contributed by atoms with Gasteiger partial charge in [-0.15, -0.1) is 0 Å². The van der Waals surface area contributed by atoms with Crippen molar-refractivity contribution in [3.63, 3.8) is 0 Å². The number of carbonyl (C=O) groups excluding carboxylic acids is 1. The molecule has 0 unspecified atom stereocenters. The van der Waals surface area contributed by atoms with E-state index in [1.807, 2.05) is 6.20 Å². The van der Waals surface area contributed by atoms with E-state index in [2.05, 4.69) is 15.3 Å². The lowest BCUT2D eigenvalue weighted by molar-refractivity contribution is -0.109. The van der Waals surface area contributed by atoms with Gasteiger partial charge >= 0.3 is 15.5 Å². The summed E-state index contributed by atoms with van der Waals surface area (Å²) in [5.41, 5.74) is -4.47. The van der Waals surface area contributed by atoms with Crippen LogP contribution in [-0.4, -0.2) is 72.5 Å². The number of piperidine rings is 1. The molecular formula is C21H28F3N5O5S. The van der Waals surface area contributed by atoms with Crippen molar-refractivity contribution in [1.82, 2.24) is 24.4 Å². The first-order valence-electron chi connectivity index (χ1n) is 11.5. The van der Waals surface area contributed by atoms with Gasteiger partial charge < -0.3 is 14.8 Å². The Kier molecular flexibility index (Phi) is 7.93. The third kappa shape index (κ3) is 6.11. The van der Waals surface area contributed by atoms with Crippen LogP contribution in [0.1, 0.15) is 50.0 Å². The Labute approximate surface area is 200 Å². The molecule has 10 nitrogen and oxygen atoms in total. The molecule has 1 aliphatic carbocycles. The number of nitrogens with zero attached hydrogens (tertiary/aromatic N) is 3. The van der Waals surface area contributed by atoms with Crippen molar-refractivity contribution in [2.45, 2.75) is 68.1 Å². The summed E-state index contributed by atoms with van der Waals surface area (Å²) in [4.78, 5) is 19.3. The molecule has 1 saturated heterocycles. The predicted octanol–water partition coefficient (Wildman–Crippen LogP) is 1.91. The van der Waals surface area contributed by atoms with E-state index in [0.29, 0.717) is 50.2 Å². The lowest BCUT2D eigenvalue weighted by Gasteiger charge is -2.35. The fraction of sp³-hybridized carbons (Fsp3) is 0.667. The van der Waals surface area contributed by atoms with Gasteiger partial charge in [0.1, 0.15) is 6.61 Å². The number of hydrogen-bond donors (Lipinski definition) is 2. The molecule has 0 aromatic carbocycles. The number of alkyl halides is 3. The maximum absolute atomic E-state index is 12.8. The molecule has 3 heterocycles. The fourth-order valence-corrected chi connectivity index (χ4v) is 5.49. The van der Waals surface area contributed by atoms with Crippen molar-refractivity contribution >= 4 is 22.1 Å². The number of nitrogens with one attached hydrogen (secondary N) is 2. The average molecular weight is 520 g/mol. The first-order chi connectivity index (χ1) is 16.7. The van der Waals surface area contributed by atoms with E-state index in [0.717, 1.165) is 18.4 Å². The van der Waals surface area contributed by atoms with E-state index < -0.39 is 27.6 Å². The minimum atomic E-state index is -5.43. The molecule has 35 heavy (non-hydrogen) atoms. The van der Waals surface area contributed by atoms with Gasteiger partial charge in [0.2, 0.25) is 11.7 Å². The van der Waals surface area contributed by atoms with Crippen LogP contribution in [0.3, 0.4) is 0 Å². The maximum atomic E-state index is 12.8. The first kappa shape index (κ1) is 25.8. The largest absolute Gasteiger partial charge is 0.511 e. The average Bonchev–Trinajstić information content (AvgIpc) is 3.28. The molecule has 0 bridgehead atoms. The monoisotopic (exact) mass is 519 g/mol. The van der Waals surface area contributed by atoms with Crippen LogP contribution < -0.4 is 14.8 Å². The Morgan fingerprint density at radius 2 is 2.00 bits per heavy atom. The molecule has 14 heteroatoms. The Morgan fingerprint density at radius 3 is 2.71 bits per heavy atom. The van der Waals surface area contributed by atoms with Crippen molar-refractivity contribution in [3.05, 3.63) is 24.2 Å². The Bertz CT molecular complexity index is 1120. The van der Waals surface area contributed by atoms with Gasteiger partial charge in [-0.25, -0.2) is 18.1 Å². The summed E-state index contributed by atoms with van der Waals surface area (Å²) in [6.07, 6.45) is 9.71. The zero-order valence-electron chi connectivity index (χ0n) is 18.9. The minimum Gasteiger partial charge on any atom is -0.470 e. The van der Waals surface area contributed by atoms with Crippen LogP contribution in [0.2, 0.25) is 0 Å². The zero-order chi connectivity index (χ0) is 25.1. The minimum absolute atomic E-state index is 0.0980. The topological polar surface area (TPSA) is 124 Å². The molecule has 1 aliphatic heterocycles. The molecule has 0 radical (unpaired) electrons. The van der Waals surface area contributed by atoms with Gasteiger partial charge in [-0.3, -0.25) is 9.20 Å². The number of carbonyl (C=O) groups is 1. The first-order valence-corrected chi connectivity index (χ1v) is 13.0. The second kappa shape index (κ2) is 10.8. The number of imidazole rings is 1. The van der Waals surface area contributed by atoms with E-state index in [4.69, 9.17) is 9.47 Å². The molecule has 2 aromatic heterocycles. The number of sulfonamides is 1. The van der Waals surface area contributed by atoms with Crippen LogP contribution in [-0.2, 0) is 19.6 Å². The van der Waals surface area contributed by atoms with Crippen LogP contribution in [0.25, 0.3) is 5.78 Å². The molecular weight excluding hydrogens is 491 g/mol. The van der Waals surface area contributed by atoms with Crippen LogP contribution >= 0.6 is 0 Å². The van der Waals surface area contributed by atoms with E-state index >= 15 is 0 Å². The van der Waals surface area contributed by atoms with Crippen molar-refractivity contribution < 1.29 is 35.9 Å². The number of hydrogen-bond acceptors (Lipinski definition) is 8. The van der Waals surface area contributed by atoms with Crippen LogP contribution in [0.5, 0.6) is 5.88 Å². The summed E-state index contributed by atoms with van der Waals surface area (Å²) in [7, 11) is -5.43. The summed E-state index contributed by atoms with van der Waals surface area (Å²) >= 11 is 0. The number of fused-ring (bicyclic) bond motifs is 1. The Morgan fingerprint density at radius 1 is 1.23 bits per heavy atom. The highest BCUT2D eigenvalue weighted by molar-refractivity contribution is 7.90. The smallest absolute Gasteiger partial charge is 0.470 e. The number of aromatic nitrogens is 3. The maximum Gasteiger partial charge on any atom is 0.511 e. The quantitative estimate of drug-likeness (QED) is 0.482. The Balaban J connectivity index is 1.34. The number of ether oxygens (including phenoxy) is 2. The third-order valence-electron chi connectivity index (χ3n) is 6.48. The summed E-state index contributed by atoms with van der Waals surface area (Å²) in [5, 5.41) is 3.08. The summed E-state index contributed by atoms with van der Waals surface area (Å²) in [6, 6.07) is -1.44. The molecule has 0 amide bonds. The van der Waals surface area contributed by atoms with Gasteiger partial charge in [0.05, 0.1) is 12.7 Å². The molecule has 0 spiro atoms. The molecule has 2 aliphatic rings. The Hall–Kier alpha value is -2.29. The molecule has 2 atom stereocenters. The lowest BCUT2D eigenvalue weighted by Crippen LogP contribution is -2.57. The molecule has 2 N–H and O–H groups in total. The molecule has 2 fully saturated rings. The van der Waals surface area contributed by atoms with E-state index in [-0.39, 0.29) is 25.2 Å². The molecule has 2 aromatic rings. The number of rotatable bonds is 9. The summed E-state index contributed by atoms with van der Waals surface area (Å²) in [5.74, 6) is 0.990. The van der Waals surface area contributed by atoms with E-state index in [1.54, 1.807) is 21.5 Å². The second-order valence-corrected chi connectivity index (χ2v) is 10.5. The van der Waals surface area contributed by atoms with Gasteiger partial charge in [-0.2, -0.15) is 18.2 Å². The van der Waals surface area contributed by atoms with Crippen LogP contribution in [0.15, 0.2) is 18.6 Å². The van der Waals surface area contributed by atoms with E-state index in [1.165, 1.54) is 0 Å². The van der Waals surface area contributed by atoms with Crippen LogP contribution in [0, 0.1) is 0 Å². The summed E-state index contributed by atoms with van der Waals surface area (Å²) < 4.78 is 76.6.